The van der Waals surface area contributed by atoms with E-state index in [0.29, 0.717) is 24.2 Å². The molecule has 0 radical (unpaired) electrons. The summed E-state index contributed by atoms with van der Waals surface area (Å²) in [6.07, 6.45) is 0.326. The molecule has 5 nitrogen and oxygen atoms in total. The van der Waals surface area contributed by atoms with Gasteiger partial charge in [-0.05, 0) is 35.4 Å². The maximum Gasteiger partial charge on any atom is 0.326 e. The molecule has 1 atom stereocenters. The third kappa shape index (κ3) is 2.53. The molecule has 112 valence electrons. The summed E-state index contributed by atoms with van der Waals surface area (Å²) < 4.78 is 0. The summed E-state index contributed by atoms with van der Waals surface area (Å²) in [5.74, 6) is -1.28. The fourth-order valence-corrected chi connectivity index (χ4v) is 2.75. The molecule has 5 heteroatoms. The van der Waals surface area contributed by atoms with Gasteiger partial charge in [0.1, 0.15) is 6.04 Å². The van der Waals surface area contributed by atoms with Crippen molar-refractivity contribution >= 4 is 17.6 Å². The number of anilines is 1. The van der Waals surface area contributed by atoms with E-state index in [0.717, 1.165) is 11.1 Å². The summed E-state index contributed by atoms with van der Waals surface area (Å²) in [4.78, 5) is 25.6. The standard InChI is InChI=1S/C17H16N2O3/c18-14-7-5-11(6-8-14)16(20)19-10-13-4-2-1-3-12(13)9-15(19)17(21)22/h1-8,15H,9-10,18H2,(H,21,22). The van der Waals surface area contributed by atoms with Crippen LogP contribution in [0.2, 0.25) is 0 Å². The first-order chi connectivity index (χ1) is 10.6. The van der Waals surface area contributed by atoms with Crippen LogP contribution in [0.1, 0.15) is 21.5 Å². The average molecular weight is 296 g/mol. The first-order valence-corrected chi connectivity index (χ1v) is 7.02. The van der Waals surface area contributed by atoms with Gasteiger partial charge in [0.2, 0.25) is 0 Å². The molecule has 1 aliphatic heterocycles. The van der Waals surface area contributed by atoms with Gasteiger partial charge in [-0.1, -0.05) is 24.3 Å². The second-order valence-electron chi connectivity index (χ2n) is 5.38. The van der Waals surface area contributed by atoms with E-state index in [1.807, 2.05) is 24.3 Å². The van der Waals surface area contributed by atoms with Crippen LogP contribution in [0.4, 0.5) is 5.69 Å². The first kappa shape index (κ1) is 14.1. The molecule has 0 bridgehead atoms. The summed E-state index contributed by atoms with van der Waals surface area (Å²) in [5, 5.41) is 9.46. The first-order valence-electron chi connectivity index (χ1n) is 7.02. The third-order valence-electron chi connectivity index (χ3n) is 3.95. The van der Waals surface area contributed by atoms with Gasteiger partial charge in [0, 0.05) is 24.2 Å². The molecular formula is C17H16N2O3. The lowest BCUT2D eigenvalue weighted by atomic mass is 9.93. The van der Waals surface area contributed by atoms with Crippen LogP contribution in [0.25, 0.3) is 0 Å². The fraction of sp³-hybridized carbons (Fsp3) is 0.176. The van der Waals surface area contributed by atoms with Gasteiger partial charge in [0.15, 0.2) is 0 Å². The Bertz CT molecular complexity index is 725. The smallest absolute Gasteiger partial charge is 0.326 e. The highest BCUT2D eigenvalue weighted by molar-refractivity contribution is 5.97. The van der Waals surface area contributed by atoms with Gasteiger partial charge in [-0.3, -0.25) is 4.79 Å². The van der Waals surface area contributed by atoms with Crippen LogP contribution >= 0.6 is 0 Å². The third-order valence-corrected chi connectivity index (χ3v) is 3.95. The van der Waals surface area contributed by atoms with E-state index in [9.17, 15) is 14.7 Å². The van der Waals surface area contributed by atoms with Gasteiger partial charge in [-0.2, -0.15) is 0 Å². The zero-order chi connectivity index (χ0) is 15.7. The molecule has 0 aliphatic carbocycles. The summed E-state index contributed by atoms with van der Waals surface area (Å²) in [6, 6.07) is 13.3. The highest BCUT2D eigenvalue weighted by Gasteiger charge is 2.34. The number of carbonyl (C=O) groups excluding carboxylic acids is 1. The number of benzene rings is 2. The lowest BCUT2D eigenvalue weighted by Crippen LogP contribution is -2.48. The number of carboxylic acid groups (broad SMARTS) is 1. The molecule has 1 aliphatic rings. The summed E-state index contributed by atoms with van der Waals surface area (Å²) in [6.45, 7) is 0.302. The highest BCUT2D eigenvalue weighted by Crippen LogP contribution is 2.25. The van der Waals surface area contributed by atoms with Crippen molar-refractivity contribution in [2.75, 3.05) is 5.73 Å². The SMILES string of the molecule is Nc1ccc(C(=O)N2Cc3ccccc3CC2C(=O)O)cc1. The van der Waals surface area contributed by atoms with E-state index in [2.05, 4.69) is 0 Å². The number of nitrogens with two attached hydrogens (primary N) is 1. The Balaban J connectivity index is 1.95. The predicted octanol–water partition coefficient (Wildman–Crippen LogP) is 1.92. The van der Waals surface area contributed by atoms with E-state index in [1.54, 1.807) is 24.3 Å². The topological polar surface area (TPSA) is 83.6 Å². The molecule has 1 amide bonds. The average Bonchev–Trinajstić information content (AvgIpc) is 2.53. The Hall–Kier alpha value is -2.82. The Labute approximate surface area is 128 Å². The van der Waals surface area contributed by atoms with Crippen LogP contribution in [0, 0.1) is 0 Å². The van der Waals surface area contributed by atoms with Crippen molar-refractivity contribution in [1.82, 2.24) is 4.90 Å². The number of hydrogen-bond acceptors (Lipinski definition) is 3. The van der Waals surface area contributed by atoms with Crippen molar-refractivity contribution in [2.24, 2.45) is 0 Å². The molecule has 0 saturated heterocycles. The van der Waals surface area contributed by atoms with Gasteiger partial charge >= 0.3 is 5.97 Å². The molecule has 1 unspecified atom stereocenters. The molecule has 3 rings (SSSR count). The van der Waals surface area contributed by atoms with Gasteiger partial charge in [0.05, 0.1) is 0 Å². The number of aliphatic carboxylic acids is 1. The minimum atomic E-state index is -0.988. The maximum absolute atomic E-state index is 12.7. The van der Waals surface area contributed by atoms with Crippen LogP contribution in [-0.4, -0.2) is 27.9 Å². The van der Waals surface area contributed by atoms with Crippen LogP contribution < -0.4 is 5.73 Å². The van der Waals surface area contributed by atoms with Crippen LogP contribution in [-0.2, 0) is 17.8 Å². The van der Waals surface area contributed by atoms with Crippen molar-refractivity contribution in [2.45, 2.75) is 19.0 Å². The molecule has 22 heavy (non-hydrogen) atoms. The van der Waals surface area contributed by atoms with E-state index in [-0.39, 0.29) is 5.91 Å². The van der Waals surface area contributed by atoms with Crippen molar-refractivity contribution in [3.05, 3.63) is 65.2 Å². The second-order valence-corrected chi connectivity index (χ2v) is 5.38. The van der Waals surface area contributed by atoms with Crippen LogP contribution in [0.3, 0.4) is 0 Å². The normalized spacial score (nSPS) is 16.9. The van der Waals surface area contributed by atoms with Crippen LogP contribution in [0.5, 0.6) is 0 Å². The summed E-state index contributed by atoms with van der Waals surface area (Å²) in [5.41, 5.74) is 8.61. The molecule has 1 heterocycles. The molecule has 0 saturated carbocycles. The second kappa shape index (κ2) is 5.52. The van der Waals surface area contributed by atoms with Crippen molar-refractivity contribution < 1.29 is 14.7 Å². The van der Waals surface area contributed by atoms with E-state index in [4.69, 9.17) is 5.73 Å². The minimum Gasteiger partial charge on any atom is -0.480 e. The molecule has 0 fully saturated rings. The van der Waals surface area contributed by atoms with Gasteiger partial charge in [0.25, 0.3) is 5.91 Å². The fourth-order valence-electron chi connectivity index (χ4n) is 2.75. The Kier molecular flexibility index (Phi) is 3.55. The van der Waals surface area contributed by atoms with Crippen molar-refractivity contribution in [3.8, 4) is 0 Å². The molecule has 2 aromatic carbocycles. The van der Waals surface area contributed by atoms with Gasteiger partial charge < -0.3 is 15.7 Å². The predicted molar refractivity (Wildman–Crippen MR) is 82.3 cm³/mol. The number of amides is 1. The van der Waals surface area contributed by atoms with E-state index in [1.165, 1.54) is 4.90 Å². The van der Waals surface area contributed by atoms with Gasteiger partial charge in [-0.25, -0.2) is 4.79 Å². The zero-order valence-electron chi connectivity index (χ0n) is 11.9. The Morgan fingerprint density at radius 3 is 2.32 bits per heavy atom. The highest BCUT2D eigenvalue weighted by atomic mass is 16.4. The quantitative estimate of drug-likeness (QED) is 0.829. The largest absolute Gasteiger partial charge is 0.480 e. The molecule has 2 aromatic rings. The number of nitrogen functional groups attached to an aromatic ring is 1. The van der Waals surface area contributed by atoms with Crippen LogP contribution in [0.15, 0.2) is 48.5 Å². The Morgan fingerprint density at radius 2 is 1.68 bits per heavy atom. The number of nitrogens with zero attached hydrogens (tertiary/aromatic N) is 1. The Morgan fingerprint density at radius 1 is 1.05 bits per heavy atom. The van der Waals surface area contributed by atoms with Gasteiger partial charge in [-0.15, -0.1) is 0 Å². The molecule has 0 aromatic heterocycles. The molecule has 0 spiro atoms. The summed E-state index contributed by atoms with van der Waals surface area (Å²) in [7, 11) is 0. The minimum absolute atomic E-state index is 0.290. The van der Waals surface area contributed by atoms with E-state index >= 15 is 0 Å². The maximum atomic E-state index is 12.7. The lowest BCUT2D eigenvalue weighted by molar-refractivity contribution is -0.142. The van der Waals surface area contributed by atoms with E-state index < -0.39 is 12.0 Å². The number of fused-ring (bicyclic) bond motifs is 1. The number of hydrogen-bond donors (Lipinski definition) is 2. The number of carboxylic acids is 1. The number of carbonyl (C=O) groups is 2. The van der Waals surface area contributed by atoms with Crippen molar-refractivity contribution in [3.63, 3.8) is 0 Å². The number of rotatable bonds is 2. The van der Waals surface area contributed by atoms with Crippen molar-refractivity contribution in [1.29, 1.82) is 0 Å². The summed E-state index contributed by atoms with van der Waals surface area (Å²) >= 11 is 0. The zero-order valence-corrected chi connectivity index (χ0v) is 11.9. The molecule has 3 N–H and O–H groups in total. The lowest BCUT2D eigenvalue weighted by Gasteiger charge is -2.34. The molecular weight excluding hydrogens is 280 g/mol. The monoisotopic (exact) mass is 296 g/mol.